The lowest BCUT2D eigenvalue weighted by Crippen LogP contribution is -2.20. The van der Waals surface area contributed by atoms with Crippen LogP contribution in [0.1, 0.15) is 11.1 Å². The van der Waals surface area contributed by atoms with Crippen molar-refractivity contribution in [3.8, 4) is 0 Å². The van der Waals surface area contributed by atoms with Gasteiger partial charge in [0.2, 0.25) is 0 Å². The van der Waals surface area contributed by atoms with Crippen LogP contribution in [0.5, 0.6) is 0 Å². The molecule has 0 unspecified atom stereocenters. The van der Waals surface area contributed by atoms with Crippen LogP contribution in [-0.2, 0) is 9.84 Å². The van der Waals surface area contributed by atoms with Gasteiger partial charge in [0.05, 0.1) is 4.90 Å². The van der Waals surface area contributed by atoms with E-state index < -0.39 is 9.84 Å². The number of urea groups is 1. The molecule has 0 spiro atoms. The van der Waals surface area contributed by atoms with E-state index in [1.165, 1.54) is 12.1 Å². The van der Waals surface area contributed by atoms with Crippen LogP contribution in [-0.4, -0.2) is 20.7 Å². The van der Waals surface area contributed by atoms with E-state index in [-0.39, 0.29) is 10.9 Å². The molecule has 0 aromatic heterocycles. The Kier molecular flexibility index (Phi) is 4.51. The summed E-state index contributed by atoms with van der Waals surface area (Å²) >= 11 is 0. The van der Waals surface area contributed by atoms with Gasteiger partial charge in [-0.1, -0.05) is 12.1 Å². The van der Waals surface area contributed by atoms with Crippen molar-refractivity contribution in [2.45, 2.75) is 18.7 Å². The van der Waals surface area contributed by atoms with Crippen LogP contribution in [0.3, 0.4) is 0 Å². The van der Waals surface area contributed by atoms with Gasteiger partial charge in [0.1, 0.15) is 0 Å². The van der Waals surface area contributed by atoms with Gasteiger partial charge in [-0.25, -0.2) is 13.2 Å². The highest BCUT2D eigenvalue weighted by atomic mass is 32.2. The quantitative estimate of drug-likeness (QED) is 0.911. The number of aryl methyl sites for hydroxylation is 2. The lowest BCUT2D eigenvalue weighted by atomic mass is 10.1. The molecule has 2 rings (SSSR count). The van der Waals surface area contributed by atoms with Crippen molar-refractivity contribution in [3.63, 3.8) is 0 Å². The molecule has 0 heterocycles. The van der Waals surface area contributed by atoms with Crippen molar-refractivity contribution in [1.29, 1.82) is 0 Å². The molecule has 0 saturated heterocycles. The highest BCUT2D eigenvalue weighted by Gasteiger charge is 2.08. The Balaban J connectivity index is 2.07. The molecule has 0 atom stereocenters. The third-order valence-corrected chi connectivity index (χ3v) is 4.31. The maximum Gasteiger partial charge on any atom is 0.323 e. The molecule has 22 heavy (non-hydrogen) atoms. The van der Waals surface area contributed by atoms with Crippen molar-refractivity contribution < 1.29 is 13.2 Å². The van der Waals surface area contributed by atoms with Gasteiger partial charge in [0.25, 0.3) is 0 Å². The molecule has 0 aliphatic rings. The molecular formula is C16H18N2O3S. The maximum atomic E-state index is 12.0. The second kappa shape index (κ2) is 6.19. The predicted molar refractivity (Wildman–Crippen MR) is 88.1 cm³/mol. The Morgan fingerprint density at radius 3 is 2.18 bits per heavy atom. The van der Waals surface area contributed by atoms with Gasteiger partial charge in [-0.3, -0.25) is 0 Å². The zero-order valence-electron chi connectivity index (χ0n) is 12.7. The normalized spacial score (nSPS) is 11.0. The van der Waals surface area contributed by atoms with E-state index in [1.807, 2.05) is 32.0 Å². The molecular weight excluding hydrogens is 300 g/mol. The first-order valence-corrected chi connectivity index (χ1v) is 8.60. The number of anilines is 2. The van der Waals surface area contributed by atoms with Crippen LogP contribution in [0.25, 0.3) is 0 Å². The van der Waals surface area contributed by atoms with E-state index in [4.69, 9.17) is 0 Å². The Labute approximate surface area is 130 Å². The summed E-state index contributed by atoms with van der Waals surface area (Å²) in [5.41, 5.74) is 3.28. The van der Waals surface area contributed by atoms with Crippen molar-refractivity contribution in [2.75, 3.05) is 16.9 Å². The molecule has 0 aliphatic heterocycles. The number of sulfone groups is 1. The first-order valence-electron chi connectivity index (χ1n) is 6.71. The minimum atomic E-state index is -3.24. The standard InChI is InChI=1S/C16H18N2O3S/c1-11-4-5-12(2)15(10-11)18-16(19)17-13-6-8-14(9-7-13)22(3,20)21/h4-10H,1-3H3,(H2,17,18,19). The van der Waals surface area contributed by atoms with Gasteiger partial charge in [0, 0.05) is 17.6 Å². The average molecular weight is 318 g/mol. The summed E-state index contributed by atoms with van der Waals surface area (Å²) in [6, 6.07) is 11.5. The van der Waals surface area contributed by atoms with Crippen LogP contribution in [0, 0.1) is 13.8 Å². The first-order chi connectivity index (χ1) is 10.3. The SMILES string of the molecule is Cc1ccc(C)c(NC(=O)Nc2ccc(S(C)(=O)=O)cc2)c1. The zero-order valence-corrected chi connectivity index (χ0v) is 13.5. The summed E-state index contributed by atoms with van der Waals surface area (Å²) in [6.07, 6.45) is 1.14. The zero-order chi connectivity index (χ0) is 16.3. The number of hydrogen-bond donors (Lipinski definition) is 2. The Morgan fingerprint density at radius 1 is 0.955 bits per heavy atom. The van der Waals surface area contributed by atoms with E-state index >= 15 is 0 Å². The van der Waals surface area contributed by atoms with E-state index in [2.05, 4.69) is 10.6 Å². The topological polar surface area (TPSA) is 75.3 Å². The molecule has 2 amide bonds. The maximum absolute atomic E-state index is 12.0. The third-order valence-electron chi connectivity index (χ3n) is 3.18. The smallest absolute Gasteiger partial charge is 0.308 e. The number of benzene rings is 2. The minimum Gasteiger partial charge on any atom is -0.308 e. The minimum absolute atomic E-state index is 0.216. The molecule has 2 aromatic carbocycles. The lowest BCUT2D eigenvalue weighted by molar-refractivity contribution is 0.262. The predicted octanol–water partition coefficient (Wildman–Crippen LogP) is 3.35. The van der Waals surface area contributed by atoms with Crippen molar-refractivity contribution in [2.24, 2.45) is 0 Å². The number of carbonyl (C=O) groups is 1. The summed E-state index contributed by atoms with van der Waals surface area (Å²) in [5, 5.41) is 5.45. The highest BCUT2D eigenvalue weighted by Crippen LogP contribution is 2.18. The van der Waals surface area contributed by atoms with Gasteiger partial charge in [-0.05, 0) is 55.3 Å². The van der Waals surface area contributed by atoms with E-state index in [1.54, 1.807) is 12.1 Å². The van der Waals surface area contributed by atoms with Crippen molar-refractivity contribution in [1.82, 2.24) is 0 Å². The fraction of sp³-hybridized carbons (Fsp3) is 0.188. The van der Waals surface area contributed by atoms with Gasteiger partial charge < -0.3 is 10.6 Å². The molecule has 0 fully saturated rings. The molecule has 116 valence electrons. The second-order valence-electron chi connectivity index (χ2n) is 5.19. The van der Waals surface area contributed by atoms with Crippen molar-refractivity contribution in [3.05, 3.63) is 53.6 Å². The summed E-state index contributed by atoms with van der Waals surface area (Å²) in [6.45, 7) is 3.86. The number of amides is 2. The van der Waals surface area contributed by atoms with Gasteiger partial charge in [-0.15, -0.1) is 0 Å². The van der Waals surface area contributed by atoms with Crippen LogP contribution in [0.15, 0.2) is 47.4 Å². The highest BCUT2D eigenvalue weighted by molar-refractivity contribution is 7.90. The summed E-state index contributed by atoms with van der Waals surface area (Å²) in [4.78, 5) is 12.2. The van der Waals surface area contributed by atoms with E-state index in [9.17, 15) is 13.2 Å². The number of carbonyl (C=O) groups excluding carboxylic acids is 1. The first kappa shape index (κ1) is 16.0. The van der Waals surface area contributed by atoms with Crippen LogP contribution >= 0.6 is 0 Å². The summed E-state index contributed by atoms with van der Waals surface area (Å²) < 4.78 is 22.8. The fourth-order valence-electron chi connectivity index (χ4n) is 1.94. The van der Waals surface area contributed by atoms with E-state index in [0.717, 1.165) is 23.1 Å². The molecule has 0 radical (unpaired) electrons. The van der Waals surface area contributed by atoms with Gasteiger partial charge in [-0.2, -0.15) is 0 Å². The lowest BCUT2D eigenvalue weighted by Gasteiger charge is -2.11. The average Bonchev–Trinajstić information content (AvgIpc) is 2.42. The summed E-state index contributed by atoms with van der Waals surface area (Å²) in [5.74, 6) is 0. The monoisotopic (exact) mass is 318 g/mol. The summed E-state index contributed by atoms with van der Waals surface area (Å²) in [7, 11) is -3.24. The Bertz CT molecular complexity index is 797. The molecule has 2 N–H and O–H groups in total. The molecule has 6 heteroatoms. The Morgan fingerprint density at radius 2 is 1.59 bits per heavy atom. The molecule has 5 nitrogen and oxygen atoms in total. The third kappa shape index (κ3) is 4.08. The molecule has 0 bridgehead atoms. The largest absolute Gasteiger partial charge is 0.323 e. The Hall–Kier alpha value is -2.34. The van der Waals surface area contributed by atoms with Crippen LogP contribution in [0.4, 0.5) is 16.2 Å². The van der Waals surface area contributed by atoms with E-state index in [0.29, 0.717) is 5.69 Å². The van der Waals surface area contributed by atoms with Gasteiger partial charge in [0.15, 0.2) is 9.84 Å². The number of hydrogen-bond acceptors (Lipinski definition) is 3. The molecule has 0 aliphatic carbocycles. The number of nitrogens with one attached hydrogen (secondary N) is 2. The van der Waals surface area contributed by atoms with Crippen molar-refractivity contribution >= 4 is 27.2 Å². The van der Waals surface area contributed by atoms with Crippen LogP contribution in [0.2, 0.25) is 0 Å². The molecule has 2 aromatic rings. The number of rotatable bonds is 3. The van der Waals surface area contributed by atoms with Gasteiger partial charge >= 0.3 is 6.03 Å². The molecule has 0 saturated carbocycles. The van der Waals surface area contributed by atoms with Crippen LogP contribution < -0.4 is 10.6 Å². The fourth-order valence-corrected chi connectivity index (χ4v) is 2.57. The second-order valence-corrected chi connectivity index (χ2v) is 7.21.